The Labute approximate surface area is 119 Å². The van der Waals surface area contributed by atoms with Gasteiger partial charge in [0.2, 0.25) is 0 Å². The van der Waals surface area contributed by atoms with E-state index >= 15 is 0 Å². The Morgan fingerprint density at radius 3 is 2.90 bits per heavy atom. The first-order valence-corrected chi connectivity index (χ1v) is 7.17. The monoisotopic (exact) mass is 286 g/mol. The molecule has 0 saturated carbocycles. The lowest BCUT2D eigenvalue weighted by Gasteiger charge is -2.00. The molecule has 2 N–H and O–H groups in total. The van der Waals surface area contributed by atoms with Crippen molar-refractivity contribution in [3.63, 3.8) is 0 Å². The van der Waals surface area contributed by atoms with E-state index in [1.165, 1.54) is 16.4 Å². The topological polar surface area (TPSA) is 86.7 Å². The van der Waals surface area contributed by atoms with Crippen molar-refractivity contribution in [3.05, 3.63) is 30.9 Å². The van der Waals surface area contributed by atoms with Crippen molar-refractivity contribution in [3.8, 4) is 0 Å². The molecular formula is C13H12N5OS. The molecule has 1 radical (unpaired) electrons. The molecule has 2 aromatic heterocycles. The summed E-state index contributed by atoms with van der Waals surface area (Å²) in [6.07, 6.45) is 3.66. The fourth-order valence-electron chi connectivity index (χ4n) is 2.19. The van der Waals surface area contributed by atoms with Gasteiger partial charge in [-0.3, -0.25) is 9.48 Å². The standard InChI is InChI=1S/C13H12N5OS/c1-3-18-11(12(14)19)8-5-4-7-6-15-13(20-2)16-9(7)10(8)17-18/h4-6H,1,3H2,2H3,(H2,14,19). The summed E-state index contributed by atoms with van der Waals surface area (Å²) in [4.78, 5) is 20.3. The molecule has 0 aliphatic carbocycles. The van der Waals surface area contributed by atoms with Gasteiger partial charge in [0.05, 0.1) is 0 Å². The Morgan fingerprint density at radius 2 is 2.25 bits per heavy atom. The molecule has 0 bridgehead atoms. The van der Waals surface area contributed by atoms with Gasteiger partial charge >= 0.3 is 0 Å². The van der Waals surface area contributed by atoms with Crippen LogP contribution in [-0.4, -0.2) is 31.9 Å². The number of aromatic nitrogens is 4. The van der Waals surface area contributed by atoms with Crippen LogP contribution in [0.25, 0.3) is 21.8 Å². The third-order valence-corrected chi connectivity index (χ3v) is 3.63. The molecule has 0 aliphatic rings. The van der Waals surface area contributed by atoms with Crippen LogP contribution in [0, 0.1) is 6.92 Å². The molecular weight excluding hydrogens is 274 g/mol. The van der Waals surface area contributed by atoms with Crippen molar-refractivity contribution >= 4 is 39.5 Å². The maximum atomic E-state index is 11.6. The number of carbonyl (C=O) groups excluding carboxylic acids is 1. The SMILES string of the molecule is [CH2]Cn1nc2c(ccc3cnc(SC)nc32)c1C(N)=O. The van der Waals surface area contributed by atoms with Crippen LogP contribution in [0.4, 0.5) is 0 Å². The first-order valence-electron chi connectivity index (χ1n) is 5.95. The minimum Gasteiger partial charge on any atom is -0.364 e. The predicted octanol–water partition coefficient (Wildman–Crippen LogP) is 1.63. The molecule has 2 heterocycles. The number of thioether (sulfide) groups is 1. The van der Waals surface area contributed by atoms with Gasteiger partial charge in [-0.05, 0) is 19.2 Å². The Balaban J connectivity index is 2.44. The minimum atomic E-state index is -0.519. The molecule has 1 amide bonds. The molecule has 0 fully saturated rings. The zero-order valence-electron chi connectivity index (χ0n) is 10.8. The molecule has 0 aliphatic heterocycles. The second kappa shape index (κ2) is 4.75. The van der Waals surface area contributed by atoms with E-state index in [2.05, 4.69) is 22.0 Å². The molecule has 101 valence electrons. The van der Waals surface area contributed by atoms with Gasteiger partial charge in [-0.15, -0.1) is 0 Å². The lowest BCUT2D eigenvalue weighted by Crippen LogP contribution is -2.17. The van der Waals surface area contributed by atoms with Gasteiger partial charge in [0, 0.05) is 23.5 Å². The molecule has 0 unspecified atom stereocenters. The molecule has 3 aromatic rings. The lowest BCUT2D eigenvalue weighted by molar-refractivity contribution is 0.0992. The lowest BCUT2D eigenvalue weighted by atomic mass is 10.1. The molecule has 0 atom stereocenters. The minimum absolute atomic E-state index is 0.328. The van der Waals surface area contributed by atoms with Crippen LogP contribution >= 0.6 is 11.8 Å². The Hall–Kier alpha value is -2.15. The number of benzene rings is 1. The van der Waals surface area contributed by atoms with E-state index in [0.717, 1.165) is 10.9 Å². The summed E-state index contributed by atoms with van der Waals surface area (Å²) in [7, 11) is 0. The summed E-state index contributed by atoms with van der Waals surface area (Å²) in [6.45, 7) is 4.09. The van der Waals surface area contributed by atoms with Crippen molar-refractivity contribution in [1.82, 2.24) is 19.7 Å². The van der Waals surface area contributed by atoms with Gasteiger partial charge in [-0.25, -0.2) is 9.97 Å². The van der Waals surface area contributed by atoms with Crippen molar-refractivity contribution < 1.29 is 4.79 Å². The maximum absolute atomic E-state index is 11.6. The molecule has 20 heavy (non-hydrogen) atoms. The highest BCUT2D eigenvalue weighted by atomic mass is 32.2. The summed E-state index contributed by atoms with van der Waals surface area (Å²) in [6, 6.07) is 3.68. The van der Waals surface area contributed by atoms with E-state index < -0.39 is 5.91 Å². The van der Waals surface area contributed by atoms with E-state index in [-0.39, 0.29) is 0 Å². The average molecular weight is 286 g/mol. The van der Waals surface area contributed by atoms with Crippen LogP contribution in [0.3, 0.4) is 0 Å². The first-order chi connectivity index (χ1) is 9.65. The van der Waals surface area contributed by atoms with Gasteiger partial charge in [-0.1, -0.05) is 17.8 Å². The van der Waals surface area contributed by atoms with Crippen LogP contribution in [0.1, 0.15) is 10.5 Å². The molecule has 6 nitrogen and oxygen atoms in total. The van der Waals surface area contributed by atoms with Crippen molar-refractivity contribution in [2.75, 3.05) is 6.26 Å². The number of fused-ring (bicyclic) bond motifs is 3. The van der Waals surface area contributed by atoms with Crippen molar-refractivity contribution in [2.45, 2.75) is 11.7 Å². The molecule has 3 rings (SSSR count). The largest absolute Gasteiger partial charge is 0.364 e. The fourth-order valence-corrected chi connectivity index (χ4v) is 2.53. The van der Waals surface area contributed by atoms with E-state index in [9.17, 15) is 4.79 Å². The van der Waals surface area contributed by atoms with Crippen LogP contribution in [-0.2, 0) is 6.54 Å². The Bertz CT molecular complexity index is 826. The second-order valence-electron chi connectivity index (χ2n) is 4.19. The van der Waals surface area contributed by atoms with Crippen LogP contribution in [0.15, 0.2) is 23.5 Å². The van der Waals surface area contributed by atoms with E-state index in [1.807, 2.05) is 18.4 Å². The third-order valence-electron chi connectivity index (χ3n) is 3.07. The van der Waals surface area contributed by atoms with Gasteiger partial charge in [0.15, 0.2) is 5.16 Å². The number of rotatable bonds is 3. The summed E-state index contributed by atoms with van der Waals surface area (Å²) in [5, 5.41) is 6.64. The van der Waals surface area contributed by atoms with Crippen LogP contribution in [0.2, 0.25) is 0 Å². The number of hydrogen-bond acceptors (Lipinski definition) is 5. The van der Waals surface area contributed by atoms with Crippen LogP contribution in [0.5, 0.6) is 0 Å². The first kappa shape index (κ1) is 12.9. The smallest absolute Gasteiger partial charge is 0.267 e. The molecule has 7 heteroatoms. The van der Waals surface area contributed by atoms with E-state index in [0.29, 0.717) is 28.3 Å². The number of amides is 1. The third kappa shape index (κ3) is 1.82. The van der Waals surface area contributed by atoms with Gasteiger partial charge < -0.3 is 5.73 Å². The fraction of sp³-hybridized carbons (Fsp3) is 0.154. The second-order valence-corrected chi connectivity index (χ2v) is 4.97. The average Bonchev–Trinajstić information content (AvgIpc) is 2.85. The van der Waals surface area contributed by atoms with Crippen molar-refractivity contribution in [2.24, 2.45) is 5.73 Å². The number of primary amides is 1. The van der Waals surface area contributed by atoms with Gasteiger partial charge in [0.25, 0.3) is 5.91 Å². The van der Waals surface area contributed by atoms with Gasteiger partial charge in [0.1, 0.15) is 16.7 Å². The van der Waals surface area contributed by atoms with Gasteiger partial charge in [-0.2, -0.15) is 5.10 Å². The van der Waals surface area contributed by atoms with E-state index in [1.54, 1.807) is 6.20 Å². The Kier molecular flexibility index (Phi) is 3.06. The molecule has 0 saturated heterocycles. The summed E-state index contributed by atoms with van der Waals surface area (Å²) < 4.78 is 1.51. The summed E-state index contributed by atoms with van der Waals surface area (Å²) in [5.74, 6) is -0.519. The highest BCUT2D eigenvalue weighted by Gasteiger charge is 2.17. The maximum Gasteiger partial charge on any atom is 0.267 e. The number of hydrogen-bond donors (Lipinski definition) is 1. The zero-order chi connectivity index (χ0) is 14.3. The number of carbonyl (C=O) groups is 1. The molecule has 1 aromatic carbocycles. The normalized spacial score (nSPS) is 11.3. The Morgan fingerprint density at radius 1 is 1.45 bits per heavy atom. The quantitative estimate of drug-likeness (QED) is 0.584. The zero-order valence-corrected chi connectivity index (χ0v) is 11.6. The highest BCUT2D eigenvalue weighted by Crippen LogP contribution is 2.26. The van der Waals surface area contributed by atoms with Crippen molar-refractivity contribution in [1.29, 1.82) is 0 Å². The number of nitrogens with two attached hydrogens (primary N) is 1. The molecule has 0 spiro atoms. The van der Waals surface area contributed by atoms with E-state index in [4.69, 9.17) is 5.73 Å². The van der Waals surface area contributed by atoms with Crippen LogP contribution < -0.4 is 5.73 Å². The summed E-state index contributed by atoms with van der Waals surface area (Å²) in [5.41, 5.74) is 7.17. The highest BCUT2D eigenvalue weighted by molar-refractivity contribution is 7.98. The summed E-state index contributed by atoms with van der Waals surface area (Å²) >= 11 is 1.45. The number of nitrogens with zero attached hydrogens (tertiary/aromatic N) is 4. The predicted molar refractivity (Wildman–Crippen MR) is 78.5 cm³/mol.